The third-order valence-corrected chi connectivity index (χ3v) is 3.46. The van der Waals surface area contributed by atoms with E-state index in [0.29, 0.717) is 23.1 Å². The number of rotatable bonds is 4. The molecule has 2 aromatic heterocycles. The maximum absolute atomic E-state index is 5.83. The van der Waals surface area contributed by atoms with Gasteiger partial charge < -0.3 is 14.9 Å². The summed E-state index contributed by atoms with van der Waals surface area (Å²) in [6, 6.07) is 5.39. The lowest BCUT2D eigenvalue weighted by Crippen LogP contribution is -2.10. The summed E-state index contributed by atoms with van der Waals surface area (Å²) in [6.07, 6.45) is 5.17. The molecule has 0 bridgehead atoms. The predicted octanol–water partition coefficient (Wildman–Crippen LogP) is 2.58. The predicted molar refractivity (Wildman–Crippen MR) is 81.6 cm³/mol. The summed E-state index contributed by atoms with van der Waals surface area (Å²) < 4.78 is 13.5. The first-order chi connectivity index (χ1) is 10.2. The molecule has 0 radical (unpaired) electrons. The molecular weight excluding hydrogens is 338 g/mol. The minimum absolute atomic E-state index is 0.348. The van der Waals surface area contributed by atoms with Crippen molar-refractivity contribution >= 4 is 27.4 Å². The first kappa shape index (κ1) is 13.7. The van der Waals surface area contributed by atoms with Gasteiger partial charge in [0.2, 0.25) is 5.65 Å². The van der Waals surface area contributed by atoms with Crippen molar-refractivity contribution in [3.63, 3.8) is 0 Å². The number of imidazole rings is 1. The molecule has 0 saturated carbocycles. The van der Waals surface area contributed by atoms with Crippen LogP contribution in [0.25, 0.3) is 5.65 Å². The summed E-state index contributed by atoms with van der Waals surface area (Å²) >= 11 is 3.44. The molecule has 0 fully saturated rings. The Labute approximate surface area is 128 Å². The number of hydrogen-bond donors (Lipinski definition) is 2. The molecule has 0 unspecified atom stereocenters. The van der Waals surface area contributed by atoms with Gasteiger partial charge in [-0.2, -0.15) is 4.98 Å². The van der Waals surface area contributed by atoms with E-state index in [9.17, 15) is 0 Å². The van der Waals surface area contributed by atoms with Crippen LogP contribution in [0.3, 0.4) is 0 Å². The van der Waals surface area contributed by atoms with Crippen molar-refractivity contribution in [3.8, 4) is 17.4 Å². The Morgan fingerprint density at radius 1 is 1.38 bits per heavy atom. The summed E-state index contributed by atoms with van der Waals surface area (Å²) in [7, 11) is 1.61. The first-order valence-corrected chi connectivity index (χ1v) is 6.82. The molecule has 108 valence electrons. The van der Waals surface area contributed by atoms with Gasteiger partial charge in [-0.25, -0.2) is 10.8 Å². The Bertz CT molecular complexity index is 789. The number of fused-ring (bicyclic) bond motifs is 1. The molecule has 0 aliphatic carbocycles. The van der Waals surface area contributed by atoms with Crippen LogP contribution in [0.1, 0.15) is 0 Å². The van der Waals surface area contributed by atoms with E-state index < -0.39 is 0 Å². The topological polar surface area (TPSA) is 86.7 Å². The van der Waals surface area contributed by atoms with E-state index in [4.69, 9.17) is 15.3 Å². The molecule has 21 heavy (non-hydrogen) atoms. The van der Waals surface area contributed by atoms with E-state index in [1.54, 1.807) is 42.2 Å². The lowest BCUT2D eigenvalue weighted by atomic mass is 10.3. The lowest BCUT2D eigenvalue weighted by Gasteiger charge is -2.10. The number of benzene rings is 1. The summed E-state index contributed by atoms with van der Waals surface area (Å²) in [5.74, 6) is 7.56. The highest BCUT2D eigenvalue weighted by Gasteiger charge is 2.12. The molecule has 3 rings (SSSR count). The quantitative estimate of drug-likeness (QED) is 0.556. The Morgan fingerprint density at radius 2 is 2.24 bits per heavy atom. The number of aromatic nitrogens is 3. The maximum Gasteiger partial charge on any atom is 0.265 e. The molecule has 0 amide bonds. The van der Waals surface area contributed by atoms with Crippen LogP contribution in [0.15, 0.2) is 41.3 Å². The molecular formula is C13H12BrN5O2. The summed E-state index contributed by atoms with van der Waals surface area (Å²) in [4.78, 5) is 8.50. The van der Waals surface area contributed by atoms with Crippen molar-refractivity contribution in [2.75, 3.05) is 12.5 Å². The van der Waals surface area contributed by atoms with Crippen molar-refractivity contribution in [2.24, 2.45) is 5.84 Å². The highest BCUT2D eigenvalue weighted by Crippen LogP contribution is 2.33. The van der Waals surface area contributed by atoms with Crippen LogP contribution >= 0.6 is 15.9 Å². The average molecular weight is 350 g/mol. The largest absolute Gasteiger partial charge is 0.497 e. The van der Waals surface area contributed by atoms with Crippen molar-refractivity contribution in [1.82, 2.24) is 14.4 Å². The van der Waals surface area contributed by atoms with Gasteiger partial charge in [0.15, 0.2) is 5.82 Å². The van der Waals surface area contributed by atoms with Gasteiger partial charge in [-0.1, -0.05) is 0 Å². The molecule has 0 atom stereocenters. The fraction of sp³-hybridized carbons (Fsp3) is 0.0769. The van der Waals surface area contributed by atoms with Gasteiger partial charge >= 0.3 is 0 Å². The fourth-order valence-electron chi connectivity index (χ4n) is 1.84. The van der Waals surface area contributed by atoms with E-state index in [1.807, 2.05) is 6.07 Å². The molecule has 3 aromatic rings. The minimum atomic E-state index is 0.348. The molecule has 0 aliphatic heterocycles. The van der Waals surface area contributed by atoms with E-state index in [0.717, 1.165) is 10.2 Å². The third-order valence-electron chi connectivity index (χ3n) is 2.84. The average Bonchev–Trinajstić information content (AvgIpc) is 2.97. The van der Waals surface area contributed by atoms with Gasteiger partial charge in [-0.3, -0.25) is 4.40 Å². The molecule has 2 heterocycles. The van der Waals surface area contributed by atoms with Crippen LogP contribution in [0.4, 0.5) is 5.82 Å². The molecule has 0 spiro atoms. The SMILES string of the molecule is COc1ccc(Oc2nc(NN)cn3ccnc23)c(Br)c1. The summed E-state index contributed by atoms with van der Waals surface area (Å²) in [5, 5.41) is 0. The maximum atomic E-state index is 5.83. The highest BCUT2D eigenvalue weighted by atomic mass is 79.9. The third kappa shape index (κ3) is 2.63. The van der Waals surface area contributed by atoms with Crippen molar-refractivity contribution in [2.45, 2.75) is 0 Å². The molecule has 3 N–H and O–H groups in total. The Morgan fingerprint density at radius 3 is 2.95 bits per heavy atom. The van der Waals surface area contributed by atoms with Gasteiger partial charge in [0.25, 0.3) is 5.88 Å². The second-order valence-electron chi connectivity index (χ2n) is 4.13. The van der Waals surface area contributed by atoms with E-state index >= 15 is 0 Å². The number of hydrazine groups is 1. The standard InChI is InChI=1S/C13H12BrN5O2/c1-20-8-2-3-10(9(14)6-8)21-13-12-16-4-5-19(12)7-11(17-13)18-15/h2-7,18H,15H2,1H3. The van der Waals surface area contributed by atoms with Gasteiger partial charge in [0.1, 0.15) is 11.5 Å². The second-order valence-corrected chi connectivity index (χ2v) is 4.99. The van der Waals surface area contributed by atoms with Gasteiger partial charge in [-0.15, -0.1) is 0 Å². The van der Waals surface area contributed by atoms with Gasteiger partial charge in [-0.05, 0) is 34.1 Å². The van der Waals surface area contributed by atoms with Crippen LogP contribution < -0.4 is 20.7 Å². The number of halogens is 1. The van der Waals surface area contributed by atoms with Crippen LogP contribution in [0.2, 0.25) is 0 Å². The minimum Gasteiger partial charge on any atom is -0.497 e. The first-order valence-electron chi connectivity index (χ1n) is 6.03. The smallest absolute Gasteiger partial charge is 0.265 e. The molecule has 8 heteroatoms. The molecule has 1 aromatic carbocycles. The summed E-state index contributed by atoms with van der Waals surface area (Å²) in [5.41, 5.74) is 3.09. The van der Waals surface area contributed by atoms with E-state index in [2.05, 4.69) is 31.3 Å². The lowest BCUT2D eigenvalue weighted by molar-refractivity contribution is 0.411. The Hall–Kier alpha value is -2.32. The zero-order valence-electron chi connectivity index (χ0n) is 11.1. The number of nitrogens with zero attached hydrogens (tertiary/aromatic N) is 3. The number of nitrogen functional groups attached to an aromatic ring is 1. The van der Waals surface area contributed by atoms with Crippen molar-refractivity contribution < 1.29 is 9.47 Å². The van der Waals surface area contributed by atoms with Crippen LogP contribution in [-0.2, 0) is 0 Å². The number of hydrogen-bond acceptors (Lipinski definition) is 6. The highest BCUT2D eigenvalue weighted by molar-refractivity contribution is 9.10. The van der Waals surface area contributed by atoms with Crippen molar-refractivity contribution in [1.29, 1.82) is 0 Å². The normalized spacial score (nSPS) is 10.6. The van der Waals surface area contributed by atoms with Crippen molar-refractivity contribution in [3.05, 3.63) is 41.3 Å². The second kappa shape index (κ2) is 5.58. The molecule has 0 saturated heterocycles. The zero-order valence-corrected chi connectivity index (χ0v) is 12.7. The van der Waals surface area contributed by atoms with Gasteiger partial charge in [0.05, 0.1) is 17.8 Å². The number of nitrogens with one attached hydrogen (secondary N) is 1. The number of nitrogens with two attached hydrogens (primary N) is 1. The van der Waals surface area contributed by atoms with Crippen LogP contribution in [0, 0.1) is 0 Å². The Kier molecular flexibility index (Phi) is 3.63. The van der Waals surface area contributed by atoms with E-state index in [1.165, 1.54) is 0 Å². The van der Waals surface area contributed by atoms with Crippen LogP contribution in [-0.4, -0.2) is 21.5 Å². The Balaban J connectivity index is 2.03. The zero-order chi connectivity index (χ0) is 14.8. The number of anilines is 1. The van der Waals surface area contributed by atoms with Crippen LogP contribution in [0.5, 0.6) is 17.4 Å². The number of ether oxygens (including phenoxy) is 2. The molecule has 7 nitrogen and oxygen atoms in total. The fourth-order valence-corrected chi connectivity index (χ4v) is 2.28. The van der Waals surface area contributed by atoms with Gasteiger partial charge in [0, 0.05) is 12.4 Å². The number of methoxy groups -OCH3 is 1. The monoisotopic (exact) mass is 349 g/mol. The molecule has 0 aliphatic rings. The summed E-state index contributed by atoms with van der Waals surface area (Å²) in [6.45, 7) is 0. The van der Waals surface area contributed by atoms with E-state index in [-0.39, 0.29) is 0 Å².